The van der Waals surface area contributed by atoms with Gasteiger partial charge in [0, 0.05) is 18.0 Å². The second-order valence-electron chi connectivity index (χ2n) is 3.36. The van der Waals surface area contributed by atoms with Crippen LogP contribution >= 0.6 is 0 Å². The summed E-state index contributed by atoms with van der Waals surface area (Å²) in [6.07, 6.45) is 2.17. The zero-order valence-corrected chi connectivity index (χ0v) is 8.03. The topological polar surface area (TPSA) is 30.0 Å². The Balaban J connectivity index is 2.59. The molecule has 2 rings (SSSR count). The molecule has 14 heavy (non-hydrogen) atoms. The predicted octanol–water partition coefficient (Wildman–Crippen LogP) is 2.37. The minimum absolute atomic E-state index is 0.147. The van der Waals surface area contributed by atoms with Crippen molar-refractivity contribution >= 4 is 16.6 Å². The van der Waals surface area contributed by atoms with Crippen LogP contribution in [-0.2, 0) is 11.2 Å². The third kappa shape index (κ3) is 1.64. The quantitative estimate of drug-likeness (QED) is 0.719. The number of fused-ring (bicyclic) bond motifs is 1. The van der Waals surface area contributed by atoms with Crippen LogP contribution in [0.3, 0.4) is 0 Å². The number of pyridine rings is 1. The van der Waals surface area contributed by atoms with Gasteiger partial charge in [-0.25, -0.2) is 0 Å². The number of aromatic nitrogens is 1. The average molecular weight is 185 g/mol. The molecule has 0 bridgehead atoms. The van der Waals surface area contributed by atoms with E-state index in [2.05, 4.69) is 4.98 Å². The molecular weight excluding hydrogens is 174 g/mol. The molecule has 0 atom stereocenters. The second kappa shape index (κ2) is 3.58. The summed E-state index contributed by atoms with van der Waals surface area (Å²) in [5.41, 5.74) is 0.871. The zero-order valence-electron chi connectivity index (χ0n) is 8.03. The van der Waals surface area contributed by atoms with E-state index in [4.69, 9.17) is 0 Å². The van der Waals surface area contributed by atoms with E-state index in [-0.39, 0.29) is 5.78 Å². The van der Waals surface area contributed by atoms with E-state index >= 15 is 0 Å². The maximum absolute atomic E-state index is 11.0. The molecule has 2 nitrogen and oxygen atoms in total. The van der Waals surface area contributed by atoms with Crippen LogP contribution in [0.1, 0.15) is 12.6 Å². The van der Waals surface area contributed by atoms with Gasteiger partial charge in [0.05, 0.1) is 5.69 Å². The molecule has 1 heterocycles. The predicted molar refractivity (Wildman–Crippen MR) is 56.1 cm³/mol. The van der Waals surface area contributed by atoms with E-state index in [1.807, 2.05) is 30.3 Å². The summed E-state index contributed by atoms with van der Waals surface area (Å²) in [5.74, 6) is 0.147. The molecule has 0 radical (unpaired) electrons. The largest absolute Gasteiger partial charge is 0.300 e. The first-order chi connectivity index (χ1) is 6.77. The van der Waals surface area contributed by atoms with Crippen molar-refractivity contribution in [3.05, 3.63) is 42.2 Å². The number of hydrogen-bond donors (Lipinski definition) is 0. The van der Waals surface area contributed by atoms with Gasteiger partial charge in [0.2, 0.25) is 0 Å². The van der Waals surface area contributed by atoms with Crippen LogP contribution in [-0.4, -0.2) is 10.8 Å². The third-order valence-corrected chi connectivity index (χ3v) is 2.17. The van der Waals surface area contributed by atoms with Gasteiger partial charge in [0.15, 0.2) is 0 Å². The van der Waals surface area contributed by atoms with E-state index in [1.165, 1.54) is 0 Å². The second-order valence-corrected chi connectivity index (χ2v) is 3.36. The highest BCUT2D eigenvalue weighted by atomic mass is 16.1. The normalized spacial score (nSPS) is 10.4. The van der Waals surface area contributed by atoms with E-state index in [9.17, 15) is 4.79 Å². The Kier molecular flexibility index (Phi) is 2.27. The van der Waals surface area contributed by atoms with Gasteiger partial charge < -0.3 is 0 Å². The SMILES string of the molecule is CC(=O)Cc1nccc2ccccc12. The van der Waals surface area contributed by atoms with Crippen molar-refractivity contribution in [2.75, 3.05) is 0 Å². The van der Waals surface area contributed by atoms with Crippen molar-refractivity contribution in [2.24, 2.45) is 0 Å². The molecule has 2 heteroatoms. The molecule has 0 aliphatic carbocycles. The van der Waals surface area contributed by atoms with Gasteiger partial charge in [-0.05, 0) is 18.4 Å². The van der Waals surface area contributed by atoms with Crippen LogP contribution in [0.4, 0.5) is 0 Å². The van der Waals surface area contributed by atoms with Crippen molar-refractivity contribution in [1.82, 2.24) is 4.98 Å². The van der Waals surface area contributed by atoms with Crippen molar-refractivity contribution in [3.63, 3.8) is 0 Å². The van der Waals surface area contributed by atoms with Crippen molar-refractivity contribution < 1.29 is 4.79 Å². The Labute approximate surface area is 82.6 Å². The van der Waals surface area contributed by atoms with Gasteiger partial charge in [0.1, 0.15) is 5.78 Å². The molecule has 1 aromatic heterocycles. The molecule has 1 aromatic carbocycles. The standard InChI is InChI=1S/C12H11NO/c1-9(14)8-12-11-5-3-2-4-10(11)6-7-13-12/h2-7H,8H2,1H3. The summed E-state index contributed by atoms with van der Waals surface area (Å²) in [4.78, 5) is 15.2. The molecule has 0 saturated carbocycles. The Morgan fingerprint density at radius 2 is 2.07 bits per heavy atom. The average Bonchev–Trinajstić information content (AvgIpc) is 2.18. The first-order valence-electron chi connectivity index (χ1n) is 4.59. The number of benzene rings is 1. The molecule has 0 spiro atoms. The number of hydrogen-bond acceptors (Lipinski definition) is 2. The summed E-state index contributed by atoms with van der Waals surface area (Å²) in [6, 6.07) is 9.94. The fraction of sp³-hybridized carbons (Fsp3) is 0.167. The molecule has 70 valence electrons. The molecule has 0 amide bonds. The lowest BCUT2D eigenvalue weighted by molar-refractivity contribution is -0.116. The smallest absolute Gasteiger partial charge is 0.135 e. The fourth-order valence-corrected chi connectivity index (χ4v) is 1.56. The van der Waals surface area contributed by atoms with Gasteiger partial charge in [-0.3, -0.25) is 9.78 Å². The molecule has 0 aliphatic heterocycles. The lowest BCUT2D eigenvalue weighted by Crippen LogP contribution is -1.99. The number of rotatable bonds is 2. The monoisotopic (exact) mass is 185 g/mol. The summed E-state index contributed by atoms with van der Waals surface area (Å²) in [5, 5.41) is 2.21. The summed E-state index contributed by atoms with van der Waals surface area (Å²) in [6.45, 7) is 1.59. The number of carbonyl (C=O) groups is 1. The van der Waals surface area contributed by atoms with Crippen molar-refractivity contribution in [1.29, 1.82) is 0 Å². The summed E-state index contributed by atoms with van der Waals surface area (Å²) in [7, 11) is 0. The molecule has 0 N–H and O–H groups in total. The van der Waals surface area contributed by atoms with Gasteiger partial charge in [-0.15, -0.1) is 0 Å². The fourth-order valence-electron chi connectivity index (χ4n) is 1.56. The lowest BCUT2D eigenvalue weighted by atomic mass is 10.1. The van der Waals surface area contributed by atoms with Crippen molar-refractivity contribution in [2.45, 2.75) is 13.3 Å². The van der Waals surface area contributed by atoms with Crippen LogP contribution in [0.5, 0.6) is 0 Å². The van der Waals surface area contributed by atoms with Crippen LogP contribution in [0, 0.1) is 0 Å². The van der Waals surface area contributed by atoms with E-state index in [1.54, 1.807) is 13.1 Å². The number of Topliss-reactive ketones (excluding diaryl/α,β-unsaturated/α-hetero) is 1. The van der Waals surface area contributed by atoms with Gasteiger partial charge >= 0.3 is 0 Å². The summed E-state index contributed by atoms with van der Waals surface area (Å²) < 4.78 is 0. The van der Waals surface area contributed by atoms with Gasteiger partial charge in [0.25, 0.3) is 0 Å². The lowest BCUT2D eigenvalue weighted by Gasteiger charge is -2.02. The minimum atomic E-state index is 0.147. The molecular formula is C12H11NO. The van der Waals surface area contributed by atoms with Crippen LogP contribution < -0.4 is 0 Å². The Morgan fingerprint density at radius 3 is 2.86 bits per heavy atom. The third-order valence-electron chi connectivity index (χ3n) is 2.17. The molecule has 0 unspecified atom stereocenters. The molecule has 0 saturated heterocycles. The maximum atomic E-state index is 11.0. The first-order valence-corrected chi connectivity index (χ1v) is 4.59. The summed E-state index contributed by atoms with van der Waals surface area (Å²) >= 11 is 0. The first kappa shape index (κ1) is 8.88. The van der Waals surface area contributed by atoms with E-state index in [0.29, 0.717) is 6.42 Å². The van der Waals surface area contributed by atoms with E-state index in [0.717, 1.165) is 16.5 Å². The van der Waals surface area contributed by atoms with Gasteiger partial charge in [-0.2, -0.15) is 0 Å². The van der Waals surface area contributed by atoms with Crippen LogP contribution in [0.15, 0.2) is 36.5 Å². The molecule has 0 fully saturated rings. The highest BCUT2D eigenvalue weighted by Crippen LogP contribution is 2.16. The number of nitrogens with zero attached hydrogens (tertiary/aromatic N) is 1. The molecule has 0 aliphatic rings. The van der Waals surface area contributed by atoms with Crippen LogP contribution in [0.2, 0.25) is 0 Å². The minimum Gasteiger partial charge on any atom is -0.300 e. The highest BCUT2D eigenvalue weighted by molar-refractivity contribution is 5.88. The Bertz CT molecular complexity index is 471. The Hall–Kier alpha value is -1.70. The molecule has 2 aromatic rings. The highest BCUT2D eigenvalue weighted by Gasteiger charge is 2.03. The maximum Gasteiger partial charge on any atom is 0.135 e. The van der Waals surface area contributed by atoms with Crippen molar-refractivity contribution in [3.8, 4) is 0 Å². The Morgan fingerprint density at radius 1 is 1.29 bits per heavy atom. The van der Waals surface area contributed by atoms with Crippen LogP contribution in [0.25, 0.3) is 10.8 Å². The van der Waals surface area contributed by atoms with E-state index < -0.39 is 0 Å². The number of carbonyl (C=O) groups excluding carboxylic acids is 1. The van der Waals surface area contributed by atoms with Gasteiger partial charge in [-0.1, -0.05) is 24.3 Å². The number of ketones is 1. The zero-order chi connectivity index (χ0) is 9.97.